The second-order valence-corrected chi connectivity index (χ2v) is 9.43. The number of anilines is 1. The summed E-state index contributed by atoms with van der Waals surface area (Å²) in [7, 11) is -3.84. The van der Waals surface area contributed by atoms with Gasteiger partial charge < -0.3 is 14.6 Å². The molecule has 0 bridgehead atoms. The highest BCUT2D eigenvalue weighted by Crippen LogP contribution is 2.30. The monoisotopic (exact) mass is 439 g/mol. The fourth-order valence-corrected chi connectivity index (χ4v) is 5.75. The van der Waals surface area contributed by atoms with Gasteiger partial charge in [-0.3, -0.25) is 0 Å². The van der Waals surface area contributed by atoms with Crippen LogP contribution in [0.3, 0.4) is 0 Å². The largest absolute Gasteiger partial charge is 0.462 e. The van der Waals surface area contributed by atoms with Crippen molar-refractivity contribution in [3.63, 3.8) is 0 Å². The topological polar surface area (TPSA) is 82.7 Å². The number of sulfonamides is 1. The van der Waals surface area contributed by atoms with E-state index >= 15 is 0 Å². The Bertz CT molecular complexity index is 1020. The zero-order chi connectivity index (χ0) is 21.3. The first kappa shape index (κ1) is 21.7. The van der Waals surface area contributed by atoms with Crippen LogP contribution in [0, 0.1) is 20.8 Å². The normalized spacial score (nSPS) is 15.6. The number of nitrogens with one attached hydrogen (secondary N) is 1. The lowest BCUT2D eigenvalue weighted by Crippen LogP contribution is -2.49. The molecule has 9 heteroatoms. The van der Waals surface area contributed by atoms with Crippen LogP contribution in [0.25, 0.3) is 0 Å². The van der Waals surface area contributed by atoms with E-state index in [1.54, 1.807) is 20.8 Å². The number of aromatic amines is 1. The molecule has 0 atom stereocenters. The number of halogens is 1. The van der Waals surface area contributed by atoms with Crippen LogP contribution in [0.1, 0.15) is 34.2 Å². The van der Waals surface area contributed by atoms with E-state index in [9.17, 15) is 13.2 Å². The number of piperazine rings is 1. The van der Waals surface area contributed by atoms with Gasteiger partial charge in [0.15, 0.2) is 0 Å². The van der Waals surface area contributed by atoms with Crippen molar-refractivity contribution in [1.82, 2.24) is 9.29 Å². The number of carbonyl (C=O) groups excluding carboxylic acids is 1. The van der Waals surface area contributed by atoms with Crippen LogP contribution in [-0.4, -0.2) is 56.5 Å². The maximum absolute atomic E-state index is 13.4. The lowest BCUT2D eigenvalue weighted by atomic mass is 10.1. The Morgan fingerprint density at radius 1 is 1.14 bits per heavy atom. The molecular formula is C20H26ClN3O4S. The summed E-state index contributed by atoms with van der Waals surface area (Å²) in [6, 6.07) is 5.70. The van der Waals surface area contributed by atoms with Gasteiger partial charge in [0.05, 0.1) is 6.61 Å². The van der Waals surface area contributed by atoms with Crippen molar-refractivity contribution in [2.75, 3.05) is 37.7 Å². The van der Waals surface area contributed by atoms with Gasteiger partial charge in [0.25, 0.3) is 0 Å². The van der Waals surface area contributed by atoms with Gasteiger partial charge >= 0.3 is 5.97 Å². The Hall–Kier alpha value is -2.03. The van der Waals surface area contributed by atoms with Gasteiger partial charge in [-0.15, -0.1) is 0 Å². The van der Waals surface area contributed by atoms with Crippen LogP contribution < -0.4 is 4.90 Å². The quantitative estimate of drug-likeness (QED) is 0.723. The molecule has 0 saturated carbocycles. The van der Waals surface area contributed by atoms with Crippen LogP contribution in [0.2, 0.25) is 5.02 Å². The minimum absolute atomic E-state index is 0.0147. The number of carbonyl (C=O) groups is 1. The van der Waals surface area contributed by atoms with Crippen molar-refractivity contribution in [3.05, 3.63) is 45.7 Å². The standard InChI is InChI=1S/C20H26ClN3O4S/c1-5-28-20(25)18-14(3)22-15(4)19(18)29(26,27)24-10-8-23(9-11-24)17-12-16(21)7-6-13(17)2/h6-7,12,22H,5,8-11H2,1-4H3. The summed E-state index contributed by atoms with van der Waals surface area (Å²) in [5, 5.41) is 0.651. The third kappa shape index (κ3) is 4.15. The Balaban J connectivity index is 1.86. The molecule has 0 radical (unpaired) electrons. The molecule has 2 aromatic rings. The number of ether oxygens (including phenoxy) is 1. The van der Waals surface area contributed by atoms with E-state index in [0.29, 0.717) is 42.6 Å². The molecule has 158 valence electrons. The molecule has 0 amide bonds. The molecule has 1 N–H and O–H groups in total. The Labute approximate surface area is 176 Å². The Morgan fingerprint density at radius 2 is 1.79 bits per heavy atom. The maximum Gasteiger partial charge on any atom is 0.341 e. The molecule has 1 aliphatic rings. The Kier molecular flexibility index (Phi) is 6.26. The molecule has 3 rings (SSSR count). The summed E-state index contributed by atoms with van der Waals surface area (Å²) in [5.74, 6) is -0.624. The van der Waals surface area contributed by atoms with Crippen molar-refractivity contribution in [1.29, 1.82) is 0 Å². The summed E-state index contributed by atoms with van der Waals surface area (Å²) in [4.78, 5) is 17.5. The third-order valence-corrected chi connectivity index (χ3v) is 7.45. The van der Waals surface area contributed by atoms with Crippen molar-refractivity contribution >= 4 is 33.3 Å². The summed E-state index contributed by atoms with van der Waals surface area (Å²) in [5.41, 5.74) is 3.13. The van der Waals surface area contributed by atoms with Crippen LogP contribution in [-0.2, 0) is 14.8 Å². The molecule has 2 heterocycles. The van der Waals surface area contributed by atoms with Gasteiger partial charge in [-0.2, -0.15) is 4.31 Å². The number of hydrogen-bond donors (Lipinski definition) is 1. The van der Waals surface area contributed by atoms with Crippen molar-refractivity contribution in [2.45, 2.75) is 32.6 Å². The molecule has 1 aromatic carbocycles. The first-order chi connectivity index (χ1) is 13.7. The lowest BCUT2D eigenvalue weighted by molar-refractivity contribution is 0.0521. The van der Waals surface area contributed by atoms with E-state index in [-0.39, 0.29) is 17.1 Å². The average molecular weight is 440 g/mol. The van der Waals surface area contributed by atoms with E-state index in [1.165, 1.54) is 4.31 Å². The van der Waals surface area contributed by atoms with E-state index in [0.717, 1.165) is 11.3 Å². The zero-order valence-electron chi connectivity index (χ0n) is 17.1. The molecule has 0 spiro atoms. The summed E-state index contributed by atoms with van der Waals surface area (Å²) >= 11 is 6.13. The van der Waals surface area contributed by atoms with Gasteiger partial charge in [0.1, 0.15) is 10.5 Å². The van der Waals surface area contributed by atoms with Crippen molar-refractivity contribution in [3.8, 4) is 0 Å². The summed E-state index contributed by atoms with van der Waals surface area (Å²) < 4.78 is 33.3. The fraction of sp³-hybridized carbons (Fsp3) is 0.450. The highest BCUT2D eigenvalue weighted by atomic mass is 35.5. The van der Waals surface area contributed by atoms with E-state index in [4.69, 9.17) is 16.3 Å². The SMILES string of the molecule is CCOC(=O)c1c(C)[nH]c(C)c1S(=O)(=O)N1CCN(c2cc(Cl)ccc2C)CC1. The van der Waals surface area contributed by atoms with Gasteiger partial charge in [-0.25, -0.2) is 13.2 Å². The minimum Gasteiger partial charge on any atom is -0.462 e. The predicted octanol–water partition coefficient (Wildman–Crippen LogP) is 3.28. The molecule has 7 nitrogen and oxygen atoms in total. The number of hydrogen-bond acceptors (Lipinski definition) is 5. The number of H-pyrrole nitrogens is 1. The smallest absolute Gasteiger partial charge is 0.341 e. The van der Waals surface area contributed by atoms with E-state index in [2.05, 4.69) is 9.88 Å². The zero-order valence-corrected chi connectivity index (χ0v) is 18.7. The first-order valence-electron chi connectivity index (χ1n) is 9.54. The van der Waals surface area contributed by atoms with E-state index < -0.39 is 16.0 Å². The molecule has 0 aliphatic carbocycles. The van der Waals surface area contributed by atoms with E-state index in [1.807, 2.05) is 25.1 Å². The second kappa shape index (κ2) is 8.38. The van der Waals surface area contributed by atoms with Crippen LogP contribution in [0.4, 0.5) is 5.69 Å². The minimum atomic E-state index is -3.84. The van der Waals surface area contributed by atoms with Gasteiger partial charge in [-0.05, 0) is 45.4 Å². The Morgan fingerprint density at radius 3 is 2.41 bits per heavy atom. The molecule has 1 fully saturated rings. The number of esters is 1. The number of aromatic nitrogens is 1. The molecular weight excluding hydrogens is 414 g/mol. The van der Waals surface area contributed by atoms with Gasteiger partial charge in [0.2, 0.25) is 10.0 Å². The highest BCUT2D eigenvalue weighted by Gasteiger charge is 2.36. The second-order valence-electron chi connectivity index (χ2n) is 7.12. The van der Waals surface area contributed by atoms with Crippen LogP contribution in [0.5, 0.6) is 0 Å². The molecule has 1 aliphatic heterocycles. The fourth-order valence-electron chi connectivity index (χ4n) is 3.75. The molecule has 1 saturated heterocycles. The third-order valence-electron chi connectivity index (χ3n) is 5.15. The summed E-state index contributed by atoms with van der Waals surface area (Å²) in [6.07, 6.45) is 0. The van der Waals surface area contributed by atoms with Crippen molar-refractivity contribution in [2.24, 2.45) is 0 Å². The lowest BCUT2D eigenvalue weighted by Gasteiger charge is -2.36. The van der Waals surface area contributed by atoms with Gasteiger partial charge in [-0.1, -0.05) is 17.7 Å². The molecule has 29 heavy (non-hydrogen) atoms. The van der Waals surface area contributed by atoms with Crippen molar-refractivity contribution < 1.29 is 17.9 Å². The highest BCUT2D eigenvalue weighted by molar-refractivity contribution is 7.89. The first-order valence-corrected chi connectivity index (χ1v) is 11.4. The number of benzene rings is 1. The average Bonchev–Trinajstić information content (AvgIpc) is 2.98. The molecule has 1 aromatic heterocycles. The number of rotatable bonds is 5. The maximum atomic E-state index is 13.4. The van der Waals surface area contributed by atoms with Crippen LogP contribution >= 0.6 is 11.6 Å². The molecule has 0 unspecified atom stereocenters. The van der Waals surface area contributed by atoms with Gasteiger partial charge in [0, 0.05) is 48.3 Å². The number of aryl methyl sites for hydroxylation is 3. The number of nitrogens with zero attached hydrogens (tertiary/aromatic N) is 2. The summed E-state index contributed by atoms with van der Waals surface area (Å²) in [6.45, 7) is 8.94. The predicted molar refractivity (Wildman–Crippen MR) is 113 cm³/mol. The van der Waals surface area contributed by atoms with Crippen LogP contribution in [0.15, 0.2) is 23.1 Å².